The van der Waals surface area contributed by atoms with Gasteiger partial charge in [0, 0.05) is 12.8 Å². The Labute approximate surface area is 109 Å². The molecule has 1 aromatic rings. The molecule has 0 spiro atoms. The van der Waals surface area contributed by atoms with E-state index in [1.807, 2.05) is 38.1 Å². The highest BCUT2D eigenvalue weighted by Crippen LogP contribution is 2.24. The van der Waals surface area contributed by atoms with Crippen molar-refractivity contribution in [3.05, 3.63) is 24.3 Å². The van der Waals surface area contributed by atoms with Crippen LogP contribution < -0.4 is 10.1 Å². The highest BCUT2D eigenvalue weighted by Gasteiger charge is 2.34. The first-order valence-corrected chi connectivity index (χ1v) is 5.90. The first-order chi connectivity index (χ1) is 8.57. The summed E-state index contributed by atoms with van der Waals surface area (Å²) in [6.45, 7) is 4.34. The minimum atomic E-state index is -0.719. The number of nitriles is 1. The molecule has 0 radical (unpaired) electrons. The predicted molar refractivity (Wildman–Crippen MR) is 71.7 cm³/mol. The Hall–Kier alpha value is -1.73. The first-order valence-electron chi connectivity index (χ1n) is 5.90. The SMILES string of the molecule is COCC(C#N)(Nc1ccc(OC)cc1)C(C)C. The van der Waals surface area contributed by atoms with E-state index in [1.54, 1.807) is 14.2 Å². The van der Waals surface area contributed by atoms with Crippen molar-refractivity contribution >= 4 is 5.69 Å². The van der Waals surface area contributed by atoms with Crippen molar-refractivity contribution in [1.82, 2.24) is 0 Å². The Morgan fingerprint density at radius 1 is 1.28 bits per heavy atom. The molecule has 0 fully saturated rings. The van der Waals surface area contributed by atoms with Crippen molar-refractivity contribution in [3.63, 3.8) is 0 Å². The molecule has 1 rings (SSSR count). The molecule has 4 heteroatoms. The quantitative estimate of drug-likeness (QED) is 0.841. The van der Waals surface area contributed by atoms with Crippen LogP contribution in [0.5, 0.6) is 5.75 Å². The summed E-state index contributed by atoms with van der Waals surface area (Å²) in [6.07, 6.45) is 0. The van der Waals surface area contributed by atoms with Crippen molar-refractivity contribution in [2.75, 3.05) is 26.1 Å². The van der Waals surface area contributed by atoms with E-state index in [0.717, 1.165) is 11.4 Å². The van der Waals surface area contributed by atoms with Gasteiger partial charge in [-0.3, -0.25) is 0 Å². The van der Waals surface area contributed by atoms with Crippen LogP contribution in [0.1, 0.15) is 13.8 Å². The number of benzene rings is 1. The van der Waals surface area contributed by atoms with Gasteiger partial charge < -0.3 is 14.8 Å². The summed E-state index contributed by atoms with van der Waals surface area (Å²) >= 11 is 0. The van der Waals surface area contributed by atoms with Gasteiger partial charge in [-0.25, -0.2) is 0 Å². The monoisotopic (exact) mass is 248 g/mol. The van der Waals surface area contributed by atoms with E-state index in [0.29, 0.717) is 6.61 Å². The zero-order valence-electron chi connectivity index (χ0n) is 11.4. The second-order valence-corrected chi connectivity index (χ2v) is 4.52. The molecule has 0 heterocycles. The lowest BCUT2D eigenvalue weighted by Crippen LogP contribution is -2.46. The highest BCUT2D eigenvalue weighted by atomic mass is 16.5. The van der Waals surface area contributed by atoms with Crippen LogP contribution in [0.4, 0.5) is 5.69 Å². The number of hydrogen-bond acceptors (Lipinski definition) is 4. The molecule has 98 valence electrons. The van der Waals surface area contributed by atoms with Crippen molar-refractivity contribution in [1.29, 1.82) is 5.26 Å². The Morgan fingerprint density at radius 2 is 1.89 bits per heavy atom. The van der Waals surface area contributed by atoms with Crippen molar-refractivity contribution in [2.24, 2.45) is 5.92 Å². The number of nitrogens with one attached hydrogen (secondary N) is 1. The molecule has 4 nitrogen and oxygen atoms in total. The van der Waals surface area contributed by atoms with Crippen LogP contribution in [-0.4, -0.2) is 26.4 Å². The molecule has 1 N–H and O–H groups in total. The van der Waals surface area contributed by atoms with E-state index in [1.165, 1.54) is 0 Å². The number of hydrogen-bond donors (Lipinski definition) is 1. The maximum absolute atomic E-state index is 9.42. The molecular formula is C14H20N2O2. The van der Waals surface area contributed by atoms with Gasteiger partial charge in [0.15, 0.2) is 5.54 Å². The maximum atomic E-state index is 9.42. The normalized spacial score (nSPS) is 13.8. The summed E-state index contributed by atoms with van der Waals surface area (Å²) in [6, 6.07) is 9.83. The van der Waals surface area contributed by atoms with Crippen molar-refractivity contribution in [3.8, 4) is 11.8 Å². The maximum Gasteiger partial charge on any atom is 0.151 e. The number of ether oxygens (including phenoxy) is 2. The van der Waals surface area contributed by atoms with Crippen LogP contribution in [0.25, 0.3) is 0 Å². The Morgan fingerprint density at radius 3 is 2.28 bits per heavy atom. The van der Waals surface area contributed by atoms with E-state index in [9.17, 15) is 5.26 Å². The molecule has 0 bridgehead atoms. The fraction of sp³-hybridized carbons (Fsp3) is 0.500. The molecule has 0 saturated heterocycles. The summed E-state index contributed by atoms with van der Waals surface area (Å²) in [5.74, 6) is 0.920. The third kappa shape index (κ3) is 3.14. The van der Waals surface area contributed by atoms with Crippen molar-refractivity contribution < 1.29 is 9.47 Å². The van der Waals surface area contributed by atoms with Crippen LogP contribution in [0, 0.1) is 17.2 Å². The molecule has 1 unspecified atom stereocenters. The fourth-order valence-corrected chi connectivity index (χ4v) is 1.70. The summed E-state index contributed by atoms with van der Waals surface area (Å²) in [5, 5.41) is 12.7. The lowest BCUT2D eigenvalue weighted by Gasteiger charge is -2.32. The molecule has 0 aliphatic rings. The molecule has 0 aromatic heterocycles. The van der Waals surface area contributed by atoms with Gasteiger partial charge in [0.1, 0.15) is 5.75 Å². The van der Waals surface area contributed by atoms with Crippen LogP contribution in [0.15, 0.2) is 24.3 Å². The first kappa shape index (κ1) is 14.3. The van der Waals surface area contributed by atoms with E-state index in [2.05, 4.69) is 11.4 Å². The van der Waals surface area contributed by atoms with E-state index in [-0.39, 0.29) is 5.92 Å². The lowest BCUT2D eigenvalue weighted by atomic mass is 9.88. The summed E-state index contributed by atoms with van der Waals surface area (Å²) < 4.78 is 10.3. The van der Waals surface area contributed by atoms with Crippen LogP contribution in [0.2, 0.25) is 0 Å². The number of rotatable bonds is 6. The van der Waals surface area contributed by atoms with E-state index in [4.69, 9.17) is 9.47 Å². The van der Waals surface area contributed by atoms with E-state index >= 15 is 0 Å². The van der Waals surface area contributed by atoms with Gasteiger partial charge in [0.05, 0.1) is 19.8 Å². The zero-order valence-corrected chi connectivity index (χ0v) is 11.4. The third-order valence-corrected chi connectivity index (χ3v) is 3.01. The topological polar surface area (TPSA) is 54.3 Å². The molecule has 0 amide bonds. The van der Waals surface area contributed by atoms with Gasteiger partial charge in [0.2, 0.25) is 0 Å². The Balaban J connectivity index is 2.92. The van der Waals surface area contributed by atoms with Gasteiger partial charge in [-0.05, 0) is 30.2 Å². The second kappa shape index (κ2) is 6.27. The van der Waals surface area contributed by atoms with Gasteiger partial charge >= 0.3 is 0 Å². The summed E-state index contributed by atoms with van der Waals surface area (Å²) in [7, 11) is 3.23. The predicted octanol–water partition coefficient (Wildman–Crippen LogP) is 2.67. The Kier molecular flexibility index (Phi) is 4.99. The van der Waals surface area contributed by atoms with Crippen LogP contribution in [0.3, 0.4) is 0 Å². The third-order valence-electron chi connectivity index (χ3n) is 3.01. The van der Waals surface area contributed by atoms with Crippen LogP contribution >= 0.6 is 0 Å². The zero-order chi connectivity index (χ0) is 13.6. The number of anilines is 1. The summed E-state index contributed by atoms with van der Waals surface area (Å²) in [5.41, 5.74) is 0.159. The standard InChI is InChI=1S/C14H20N2O2/c1-11(2)14(9-15,10-17-3)16-12-5-7-13(18-4)8-6-12/h5-8,11,16H,10H2,1-4H3. The molecule has 0 saturated carbocycles. The lowest BCUT2D eigenvalue weighted by molar-refractivity contribution is 0.144. The highest BCUT2D eigenvalue weighted by molar-refractivity contribution is 5.50. The second-order valence-electron chi connectivity index (χ2n) is 4.52. The van der Waals surface area contributed by atoms with E-state index < -0.39 is 5.54 Å². The van der Waals surface area contributed by atoms with Gasteiger partial charge in [-0.2, -0.15) is 5.26 Å². The Bertz CT molecular complexity index is 409. The molecular weight excluding hydrogens is 228 g/mol. The minimum Gasteiger partial charge on any atom is -0.497 e. The van der Waals surface area contributed by atoms with Gasteiger partial charge in [-0.1, -0.05) is 13.8 Å². The number of methoxy groups -OCH3 is 2. The average Bonchev–Trinajstić information content (AvgIpc) is 2.38. The molecule has 0 aliphatic carbocycles. The molecule has 0 aliphatic heterocycles. The molecule has 1 atom stereocenters. The minimum absolute atomic E-state index is 0.129. The smallest absolute Gasteiger partial charge is 0.151 e. The molecule has 1 aromatic carbocycles. The van der Waals surface area contributed by atoms with Crippen LogP contribution in [-0.2, 0) is 4.74 Å². The van der Waals surface area contributed by atoms with Crippen molar-refractivity contribution in [2.45, 2.75) is 19.4 Å². The number of nitrogens with zero attached hydrogens (tertiary/aromatic N) is 1. The fourth-order valence-electron chi connectivity index (χ4n) is 1.70. The largest absolute Gasteiger partial charge is 0.497 e. The molecule has 18 heavy (non-hydrogen) atoms. The summed E-state index contributed by atoms with van der Waals surface area (Å²) in [4.78, 5) is 0. The van der Waals surface area contributed by atoms with Gasteiger partial charge in [-0.15, -0.1) is 0 Å². The average molecular weight is 248 g/mol. The van der Waals surface area contributed by atoms with Gasteiger partial charge in [0.25, 0.3) is 0 Å².